The minimum atomic E-state index is -0.389. The second kappa shape index (κ2) is 5.98. The summed E-state index contributed by atoms with van der Waals surface area (Å²) < 4.78 is 17.9. The van der Waals surface area contributed by atoms with Crippen LogP contribution in [-0.4, -0.2) is 26.8 Å². The van der Waals surface area contributed by atoms with E-state index >= 15 is 0 Å². The van der Waals surface area contributed by atoms with Crippen LogP contribution in [0, 0.1) is 6.92 Å². The Hall–Kier alpha value is -1.38. The van der Waals surface area contributed by atoms with Crippen molar-refractivity contribution in [2.75, 3.05) is 7.11 Å². The van der Waals surface area contributed by atoms with Crippen molar-refractivity contribution in [3.63, 3.8) is 0 Å². The van der Waals surface area contributed by atoms with Gasteiger partial charge in [0.25, 0.3) is 0 Å². The first-order valence-electron chi connectivity index (χ1n) is 5.09. The van der Waals surface area contributed by atoms with Crippen LogP contribution in [0.25, 0.3) is 0 Å². The van der Waals surface area contributed by atoms with Gasteiger partial charge in [0.15, 0.2) is 0 Å². The Bertz CT molecular complexity index is 524. The number of esters is 1. The molecule has 2 heterocycles. The van der Waals surface area contributed by atoms with Gasteiger partial charge in [0, 0.05) is 7.11 Å². The number of thiazole rings is 1. The normalized spacial score (nSPS) is 10.6. The molecule has 0 atom stereocenters. The molecule has 6 nitrogen and oxygen atoms in total. The molecule has 2 aromatic heterocycles. The zero-order valence-electron chi connectivity index (χ0n) is 9.87. The van der Waals surface area contributed by atoms with Crippen molar-refractivity contribution in [3.8, 4) is 0 Å². The molecule has 0 saturated heterocycles. The van der Waals surface area contributed by atoms with Crippen molar-refractivity contribution in [2.24, 2.45) is 0 Å². The van der Waals surface area contributed by atoms with E-state index in [9.17, 15) is 4.79 Å². The van der Waals surface area contributed by atoms with E-state index in [-0.39, 0.29) is 12.6 Å². The SMILES string of the molecule is COCc1nc(C)c(C(=O)OCc2cnsn2)s1. The molecule has 0 amide bonds. The highest BCUT2D eigenvalue weighted by Crippen LogP contribution is 2.20. The molecule has 0 N–H and O–H groups in total. The van der Waals surface area contributed by atoms with E-state index in [2.05, 4.69) is 13.7 Å². The molecule has 8 heteroatoms. The predicted molar refractivity (Wildman–Crippen MR) is 66.6 cm³/mol. The number of aromatic nitrogens is 3. The number of aryl methyl sites for hydroxylation is 1. The third-order valence-electron chi connectivity index (χ3n) is 2.05. The number of carbonyl (C=O) groups excluding carboxylic acids is 1. The van der Waals surface area contributed by atoms with E-state index in [0.29, 0.717) is 22.9 Å². The maximum absolute atomic E-state index is 11.8. The quantitative estimate of drug-likeness (QED) is 0.780. The van der Waals surface area contributed by atoms with Crippen molar-refractivity contribution in [1.82, 2.24) is 13.7 Å². The summed E-state index contributed by atoms with van der Waals surface area (Å²) >= 11 is 2.37. The molecule has 0 fully saturated rings. The fraction of sp³-hybridized carbons (Fsp3) is 0.400. The van der Waals surface area contributed by atoms with Crippen LogP contribution < -0.4 is 0 Å². The van der Waals surface area contributed by atoms with Gasteiger partial charge in [-0.15, -0.1) is 11.3 Å². The smallest absolute Gasteiger partial charge is 0.350 e. The van der Waals surface area contributed by atoms with Crippen LogP contribution >= 0.6 is 23.1 Å². The Morgan fingerprint density at radius 3 is 2.94 bits per heavy atom. The lowest BCUT2D eigenvalue weighted by Gasteiger charge is -2.00. The molecule has 0 aliphatic rings. The summed E-state index contributed by atoms with van der Waals surface area (Å²) in [6.07, 6.45) is 1.58. The number of nitrogens with zero attached hydrogens (tertiary/aromatic N) is 3. The fourth-order valence-electron chi connectivity index (χ4n) is 1.28. The fourth-order valence-corrected chi connectivity index (χ4v) is 2.63. The van der Waals surface area contributed by atoms with Gasteiger partial charge < -0.3 is 9.47 Å². The Kier molecular flexibility index (Phi) is 4.34. The molecule has 0 spiro atoms. The Labute approximate surface area is 112 Å². The third-order valence-corrected chi connectivity index (χ3v) is 3.68. The second-order valence-electron chi connectivity index (χ2n) is 3.43. The lowest BCUT2D eigenvalue weighted by molar-refractivity contribution is 0.0473. The van der Waals surface area contributed by atoms with E-state index in [1.54, 1.807) is 20.2 Å². The van der Waals surface area contributed by atoms with Crippen LogP contribution in [0.2, 0.25) is 0 Å². The van der Waals surface area contributed by atoms with Crippen molar-refractivity contribution in [3.05, 3.63) is 27.5 Å². The van der Waals surface area contributed by atoms with Gasteiger partial charge in [0.2, 0.25) is 0 Å². The van der Waals surface area contributed by atoms with Gasteiger partial charge in [-0.05, 0) is 6.92 Å². The van der Waals surface area contributed by atoms with E-state index in [0.717, 1.165) is 16.7 Å². The van der Waals surface area contributed by atoms with Gasteiger partial charge in [-0.1, -0.05) is 0 Å². The predicted octanol–water partition coefficient (Wildman–Crippen LogP) is 1.81. The number of ether oxygens (including phenoxy) is 2. The first-order chi connectivity index (χ1) is 8.70. The highest BCUT2D eigenvalue weighted by molar-refractivity contribution is 7.13. The van der Waals surface area contributed by atoms with Crippen molar-refractivity contribution in [2.45, 2.75) is 20.1 Å². The minimum absolute atomic E-state index is 0.131. The summed E-state index contributed by atoms with van der Waals surface area (Å²) in [6, 6.07) is 0. The first-order valence-corrected chi connectivity index (χ1v) is 6.64. The van der Waals surface area contributed by atoms with Crippen LogP contribution in [0.15, 0.2) is 6.20 Å². The second-order valence-corrected chi connectivity index (χ2v) is 5.07. The molecular formula is C10H11N3O3S2. The molecular weight excluding hydrogens is 274 g/mol. The van der Waals surface area contributed by atoms with Gasteiger partial charge in [-0.25, -0.2) is 9.78 Å². The molecule has 0 aromatic carbocycles. The summed E-state index contributed by atoms with van der Waals surface area (Å²) in [4.78, 5) is 16.6. The van der Waals surface area contributed by atoms with Crippen LogP contribution in [0.4, 0.5) is 0 Å². The summed E-state index contributed by atoms with van der Waals surface area (Å²) in [6.45, 7) is 2.30. The number of rotatable bonds is 5. The van der Waals surface area contributed by atoms with Crippen LogP contribution in [0.3, 0.4) is 0 Å². The first kappa shape index (κ1) is 13.1. The summed E-state index contributed by atoms with van der Waals surface area (Å²) in [5.74, 6) is -0.389. The number of hydrogen-bond donors (Lipinski definition) is 0. The Balaban J connectivity index is 2.00. The molecule has 0 bridgehead atoms. The van der Waals surface area contributed by atoms with Crippen molar-refractivity contribution >= 4 is 29.0 Å². The largest absolute Gasteiger partial charge is 0.455 e. The van der Waals surface area contributed by atoms with Crippen LogP contribution in [-0.2, 0) is 22.7 Å². The number of hydrogen-bond acceptors (Lipinski definition) is 8. The topological polar surface area (TPSA) is 74.2 Å². The molecule has 0 aliphatic carbocycles. The minimum Gasteiger partial charge on any atom is -0.455 e. The van der Waals surface area contributed by atoms with Crippen molar-refractivity contribution in [1.29, 1.82) is 0 Å². The molecule has 2 aromatic rings. The zero-order chi connectivity index (χ0) is 13.0. The molecule has 0 unspecified atom stereocenters. The van der Waals surface area contributed by atoms with Gasteiger partial charge >= 0.3 is 5.97 Å². The van der Waals surface area contributed by atoms with Gasteiger partial charge in [-0.2, -0.15) is 8.75 Å². The monoisotopic (exact) mass is 285 g/mol. The number of carbonyl (C=O) groups is 1. The van der Waals surface area contributed by atoms with Crippen LogP contribution in [0.5, 0.6) is 0 Å². The molecule has 0 saturated carbocycles. The average Bonchev–Trinajstić information content (AvgIpc) is 2.96. The summed E-state index contributed by atoms with van der Waals surface area (Å²) in [7, 11) is 1.59. The highest BCUT2D eigenvalue weighted by atomic mass is 32.1. The van der Waals surface area contributed by atoms with E-state index < -0.39 is 0 Å². The molecule has 0 radical (unpaired) electrons. The molecule has 18 heavy (non-hydrogen) atoms. The van der Waals surface area contributed by atoms with Crippen molar-refractivity contribution < 1.29 is 14.3 Å². The zero-order valence-corrected chi connectivity index (χ0v) is 11.5. The molecule has 0 aliphatic heterocycles. The Morgan fingerprint density at radius 2 is 2.28 bits per heavy atom. The molecule has 96 valence electrons. The highest BCUT2D eigenvalue weighted by Gasteiger charge is 2.17. The molecule has 2 rings (SSSR count). The van der Waals surface area contributed by atoms with Gasteiger partial charge in [0.1, 0.15) is 22.2 Å². The lowest BCUT2D eigenvalue weighted by Crippen LogP contribution is -2.04. The maximum Gasteiger partial charge on any atom is 0.350 e. The summed E-state index contributed by atoms with van der Waals surface area (Å²) in [5, 5.41) is 0.761. The maximum atomic E-state index is 11.8. The van der Waals surface area contributed by atoms with E-state index in [1.165, 1.54) is 11.3 Å². The lowest BCUT2D eigenvalue weighted by atomic mass is 10.4. The Morgan fingerprint density at radius 1 is 1.44 bits per heavy atom. The standard InChI is InChI=1S/C10H11N3O3S2/c1-6-9(17-8(12-6)5-15-2)10(14)16-4-7-3-11-18-13-7/h3H,4-5H2,1-2H3. The van der Waals surface area contributed by atoms with E-state index in [1.807, 2.05) is 0 Å². The number of methoxy groups -OCH3 is 1. The average molecular weight is 285 g/mol. The summed E-state index contributed by atoms with van der Waals surface area (Å²) in [5.41, 5.74) is 1.31. The van der Waals surface area contributed by atoms with Gasteiger partial charge in [0.05, 0.1) is 30.2 Å². The van der Waals surface area contributed by atoms with Crippen LogP contribution in [0.1, 0.15) is 26.1 Å². The van der Waals surface area contributed by atoms with E-state index in [4.69, 9.17) is 9.47 Å². The van der Waals surface area contributed by atoms with Gasteiger partial charge in [-0.3, -0.25) is 0 Å². The third kappa shape index (κ3) is 3.09.